The summed E-state index contributed by atoms with van der Waals surface area (Å²) in [4.78, 5) is 37.8. The van der Waals surface area contributed by atoms with Gasteiger partial charge in [-0.05, 0) is 37.6 Å². The van der Waals surface area contributed by atoms with Crippen LogP contribution in [-0.4, -0.2) is 28.8 Å². The van der Waals surface area contributed by atoms with E-state index in [1.807, 2.05) is 13.8 Å². The lowest BCUT2D eigenvalue weighted by atomic mass is 10.0. The number of amides is 1. The number of nitrogens with one attached hydrogen (secondary N) is 1. The van der Waals surface area contributed by atoms with Crippen LogP contribution < -0.4 is 10.9 Å². The molecule has 3 rings (SSSR count). The quantitative estimate of drug-likeness (QED) is 0.606. The van der Waals surface area contributed by atoms with Crippen LogP contribution in [0.3, 0.4) is 0 Å². The van der Waals surface area contributed by atoms with Gasteiger partial charge in [-0.25, -0.2) is 4.68 Å². The lowest BCUT2D eigenvalue weighted by molar-refractivity contribution is -0.141. The monoisotopic (exact) mass is 427 g/mol. The van der Waals surface area contributed by atoms with Crippen molar-refractivity contribution >= 4 is 34.2 Å². The first-order valence-electron chi connectivity index (χ1n) is 9.46. The molecule has 2 aromatic carbocycles. The van der Waals surface area contributed by atoms with E-state index in [-0.39, 0.29) is 23.7 Å². The number of ether oxygens (including phenoxy) is 1. The van der Waals surface area contributed by atoms with Crippen LogP contribution in [0.15, 0.2) is 53.3 Å². The summed E-state index contributed by atoms with van der Waals surface area (Å²) in [6.07, 6.45) is -0.0639. The van der Waals surface area contributed by atoms with Gasteiger partial charge >= 0.3 is 5.97 Å². The molecule has 0 saturated carbocycles. The molecule has 0 aliphatic carbocycles. The first kappa shape index (κ1) is 21.5. The highest BCUT2D eigenvalue weighted by atomic mass is 35.5. The molecule has 1 unspecified atom stereocenters. The van der Waals surface area contributed by atoms with Crippen LogP contribution in [0.4, 0.5) is 0 Å². The number of hydrogen-bond donors (Lipinski definition) is 1. The molecule has 0 bridgehead atoms. The number of carbonyl (C=O) groups excluding carboxylic acids is 2. The summed E-state index contributed by atoms with van der Waals surface area (Å²) < 4.78 is 6.06. The van der Waals surface area contributed by atoms with Gasteiger partial charge in [0.15, 0.2) is 5.69 Å². The first-order chi connectivity index (χ1) is 14.3. The minimum Gasteiger partial charge on any atom is -0.469 e. The van der Waals surface area contributed by atoms with E-state index in [4.69, 9.17) is 16.3 Å². The third kappa shape index (κ3) is 4.52. The zero-order valence-corrected chi connectivity index (χ0v) is 17.6. The number of benzene rings is 2. The van der Waals surface area contributed by atoms with Crippen molar-refractivity contribution in [2.45, 2.75) is 32.4 Å². The number of rotatable bonds is 6. The molecule has 0 spiro atoms. The Morgan fingerprint density at radius 2 is 1.73 bits per heavy atom. The Balaban J connectivity index is 2.04. The third-order valence-electron chi connectivity index (χ3n) is 4.71. The van der Waals surface area contributed by atoms with E-state index in [1.165, 1.54) is 11.8 Å². The molecule has 1 aromatic heterocycles. The molecular weight excluding hydrogens is 406 g/mol. The van der Waals surface area contributed by atoms with Gasteiger partial charge in [-0.1, -0.05) is 41.9 Å². The largest absolute Gasteiger partial charge is 0.469 e. The maximum atomic E-state index is 13.2. The zero-order valence-electron chi connectivity index (χ0n) is 16.9. The van der Waals surface area contributed by atoms with Gasteiger partial charge in [-0.3, -0.25) is 14.4 Å². The van der Waals surface area contributed by atoms with E-state index in [2.05, 4.69) is 10.4 Å². The van der Waals surface area contributed by atoms with E-state index in [0.29, 0.717) is 21.4 Å². The molecule has 8 heteroatoms. The fourth-order valence-corrected chi connectivity index (χ4v) is 3.27. The summed E-state index contributed by atoms with van der Waals surface area (Å²) in [5, 5.41) is 8.56. The van der Waals surface area contributed by atoms with Crippen molar-refractivity contribution in [3.05, 3.63) is 75.2 Å². The van der Waals surface area contributed by atoms with Gasteiger partial charge < -0.3 is 10.1 Å². The Hall–Kier alpha value is -3.19. The second-order valence-corrected chi connectivity index (χ2v) is 7.53. The van der Waals surface area contributed by atoms with Gasteiger partial charge in [-0.15, -0.1) is 0 Å². The lowest BCUT2D eigenvalue weighted by Crippen LogP contribution is -2.34. The molecule has 1 atom stereocenters. The molecule has 0 fully saturated rings. The van der Waals surface area contributed by atoms with Crippen LogP contribution in [0.2, 0.25) is 5.02 Å². The smallest absolute Gasteiger partial charge is 0.307 e. The number of aromatic nitrogens is 2. The van der Waals surface area contributed by atoms with Crippen LogP contribution in [0, 0.1) is 0 Å². The fourth-order valence-electron chi connectivity index (χ4n) is 3.15. The summed E-state index contributed by atoms with van der Waals surface area (Å²) in [7, 11) is 1.29. The second-order valence-electron chi connectivity index (χ2n) is 7.10. The van der Waals surface area contributed by atoms with Crippen LogP contribution in [0.1, 0.15) is 48.4 Å². The Morgan fingerprint density at radius 3 is 2.33 bits per heavy atom. The van der Waals surface area contributed by atoms with E-state index in [0.717, 1.165) is 0 Å². The Labute approximate surface area is 178 Å². The van der Waals surface area contributed by atoms with Crippen LogP contribution in [-0.2, 0) is 9.53 Å². The van der Waals surface area contributed by atoms with Crippen molar-refractivity contribution < 1.29 is 14.3 Å². The van der Waals surface area contributed by atoms with E-state index < -0.39 is 17.9 Å². The average molecular weight is 428 g/mol. The molecule has 7 nitrogen and oxygen atoms in total. The Morgan fingerprint density at radius 1 is 1.10 bits per heavy atom. The van der Waals surface area contributed by atoms with Crippen molar-refractivity contribution in [2.75, 3.05) is 7.11 Å². The van der Waals surface area contributed by atoms with Gasteiger partial charge in [0.05, 0.1) is 31.0 Å². The van der Waals surface area contributed by atoms with Gasteiger partial charge in [0.25, 0.3) is 11.5 Å². The average Bonchev–Trinajstić information content (AvgIpc) is 2.73. The minimum atomic E-state index is -0.651. The number of nitrogens with zero attached hydrogens (tertiary/aromatic N) is 2. The van der Waals surface area contributed by atoms with Gasteiger partial charge in [0.1, 0.15) is 0 Å². The SMILES string of the molecule is COC(=O)CC(NC(=O)c1nn(C(C)C)c(=O)c2ccccc12)c1ccc(Cl)cc1. The van der Waals surface area contributed by atoms with Crippen molar-refractivity contribution in [1.82, 2.24) is 15.1 Å². The number of esters is 1. The molecule has 0 aliphatic heterocycles. The fraction of sp³-hybridized carbons (Fsp3) is 0.273. The molecule has 1 N–H and O–H groups in total. The summed E-state index contributed by atoms with van der Waals surface area (Å²) in [6.45, 7) is 3.64. The molecule has 156 valence electrons. The van der Waals surface area contributed by atoms with Crippen molar-refractivity contribution in [3.63, 3.8) is 0 Å². The third-order valence-corrected chi connectivity index (χ3v) is 4.96. The van der Waals surface area contributed by atoms with Crippen LogP contribution >= 0.6 is 11.6 Å². The van der Waals surface area contributed by atoms with Crippen molar-refractivity contribution in [1.29, 1.82) is 0 Å². The van der Waals surface area contributed by atoms with Crippen LogP contribution in [0.5, 0.6) is 0 Å². The first-order valence-corrected chi connectivity index (χ1v) is 9.84. The molecule has 3 aromatic rings. The number of hydrogen-bond acceptors (Lipinski definition) is 5. The van der Waals surface area contributed by atoms with E-state index >= 15 is 0 Å². The maximum Gasteiger partial charge on any atom is 0.307 e. The highest BCUT2D eigenvalue weighted by Gasteiger charge is 2.23. The number of carbonyl (C=O) groups is 2. The summed E-state index contributed by atoms with van der Waals surface area (Å²) in [5.41, 5.74) is 0.545. The van der Waals surface area contributed by atoms with Gasteiger partial charge in [-0.2, -0.15) is 5.10 Å². The standard InChI is InChI=1S/C22H22ClN3O4/c1-13(2)26-22(29)17-7-5-4-6-16(17)20(25-26)21(28)24-18(12-19(27)30-3)14-8-10-15(23)11-9-14/h4-11,13,18H,12H2,1-3H3,(H,24,28). The molecule has 1 heterocycles. The van der Waals surface area contributed by atoms with Crippen LogP contribution in [0.25, 0.3) is 10.8 Å². The summed E-state index contributed by atoms with van der Waals surface area (Å²) in [6, 6.07) is 12.8. The highest BCUT2D eigenvalue weighted by molar-refractivity contribution is 6.30. The number of fused-ring (bicyclic) bond motifs is 1. The van der Waals surface area contributed by atoms with Crippen molar-refractivity contribution in [3.8, 4) is 0 Å². The Bertz CT molecular complexity index is 1140. The topological polar surface area (TPSA) is 90.3 Å². The molecule has 0 aliphatic rings. The molecular formula is C22H22ClN3O4. The highest BCUT2D eigenvalue weighted by Crippen LogP contribution is 2.22. The minimum absolute atomic E-state index is 0.0639. The van der Waals surface area contributed by atoms with Gasteiger partial charge in [0, 0.05) is 10.4 Å². The lowest BCUT2D eigenvalue weighted by Gasteiger charge is -2.19. The maximum absolute atomic E-state index is 13.2. The predicted octanol–water partition coefficient (Wildman–Crippen LogP) is 3.67. The predicted molar refractivity (Wildman–Crippen MR) is 115 cm³/mol. The number of methoxy groups -OCH3 is 1. The van der Waals surface area contributed by atoms with E-state index in [9.17, 15) is 14.4 Å². The Kier molecular flexibility index (Phi) is 6.52. The summed E-state index contributed by atoms with van der Waals surface area (Å²) >= 11 is 5.96. The van der Waals surface area contributed by atoms with E-state index in [1.54, 1.807) is 48.5 Å². The zero-order chi connectivity index (χ0) is 21.8. The van der Waals surface area contributed by atoms with Gasteiger partial charge in [0.2, 0.25) is 0 Å². The normalized spacial score (nSPS) is 12.0. The molecule has 0 radical (unpaired) electrons. The van der Waals surface area contributed by atoms with Crippen molar-refractivity contribution in [2.24, 2.45) is 0 Å². The number of halogens is 1. The molecule has 0 saturated heterocycles. The second kappa shape index (κ2) is 9.09. The summed E-state index contributed by atoms with van der Waals surface area (Å²) in [5.74, 6) is -0.968. The molecule has 1 amide bonds. The molecule has 30 heavy (non-hydrogen) atoms.